The predicted molar refractivity (Wildman–Crippen MR) is 73.6 cm³/mol. The number of alkyl halides is 3. The summed E-state index contributed by atoms with van der Waals surface area (Å²) in [4.78, 5) is 9.74. The van der Waals surface area contributed by atoms with E-state index < -0.39 is 22.4 Å². The molecule has 9 heteroatoms. The number of rotatable bonds is 5. The minimum atomic E-state index is -4.67. The van der Waals surface area contributed by atoms with E-state index in [1.807, 2.05) is 6.92 Å². The third-order valence-corrected chi connectivity index (χ3v) is 2.94. The van der Waals surface area contributed by atoms with Crippen molar-refractivity contribution in [2.45, 2.75) is 19.6 Å². The zero-order chi connectivity index (χ0) is 16.3. The van der Waals surface area contributed by atoms with E-state index in [1.165, 1.54) is 0 Å². The van der Waals surface area contributed by atoms with Gasteiger partial charge in [-0.2, -0.15) is 18.3 Å². The molecule has 1 aromatic carbocycles. The smallest absolute Gasteiger partial charge is 0.383 e. The fourth-order valence-corrected chi connectivity index (χ4v) is 1.93. The van der Waals surface area contributed by atoms with Gasteiger partial charge in [-0.3, -0.25) is 14.8 Å². The van der Waals surface area contributed by atoms with E-state index >= 15 is 0 Å². The molecule has 0 radical (unpaired) electrons. The number of nitro groups is 1. The molecule has 1 aromatic heterocycles. The van der Waals surface area contributed by atoms with Gasteiger partial charge in [0.25, 0.3) is 5.69 Å². The quantitative estimate of drug-likeness (QED) is 0.679. The molecule has 1 heterocycles. The van der Waals surface area contributed by atoms with Crippen molar-refractivity contribution >= 4 is 11.4 Å². The van der Waals surface area contributed by atoms with Gasteiger partial charge >= 0.3 is 6.18 Å². The number of aryl methyl sites for hydroxylation is 1. The molecular formula is C13H13F3N4O2. The molecule has 0 unspecified atom stereocenters. The van der Waals surface area contributed by atoms with E-state index in [4.69, 9.17) is 0 Å². The largest absolute Gasteiger partial charge is 0.418 e. The molecule has 2 aromatic rings. The molecule has 118 valence electrons. The topological polar surface area (TPSA) is 73.0 Å². The highest BCUT2D eigenvalue weighted by Gasteiger charge is 2.35. The second kappa shape index (κ2) is 6.04. The minimum Gasteiger partial charge on any atom is -0.383 e. The van der Waals surface area contributed by atoms with Crippen molar-refractivity contribution in [1.29, 1.82) is 0 Å². The van der Waals surface area contributed by atoms with E-state index in [-0.39, 0.29) is 12.2 Å². The van der Waals surface area contributed by atoms with Gasteiger partial charge in [0.05, 0.1) is 23.2 Å². The Labute approximate surface area is 123 Å². The van der Waals surface area contributed by atoms with Gasteiger partial charge in [-0.15, -0.1) is 0 Å². The van der Waals surface area contributed by atoms with Crippen molar-refractivity contribution in [3.05, 3.63) is 51.8 Å². The Morgan fingerprint density at radius 1 is 1.41 bits per heavy atom. The number of benzene rings is 1. The zero-order valence-corrected chi connectivity index (χ0v) is 11.6. The zero-order valence-electron chi connectivity index (χ0n) is 11.6. The Morgan fingerprint density at radius 2 is 2.14 bits per heavy atom. The highest BCUT2D eigenvalue weighted by molar-refractivity contribution is 5.57. The number of nitrogens with one attached hydrogen (secondary N) is 1. The van der Waals surface area contributed by atoms with Gasteiger partial charge in [-0.05, 0) is 18.6 Å². The number of nitrogens with zero attached hydrogens (tertiary/aromatic N) is 3. The second-order valence-corrected chi connectivity index (χ2v) is 4.69. The fraction of sp³-hybridized carbons (Fsp3) is 0.308. The Kier molecular flexibility index (Phi) is 4.34. The van der Waals surface area contributed by atoms with Crippen molar-refractivity contribution in [2.75, 3.05) is 11.9 Å². The summed E-state index contributed by atoms with van der Waals surface area (Å²) in [5.41, 5.74) is -0.896. The van der Waals surface area contributed by atoms with Gasteiger partial charge < -0.3 is 5.32 Å². The Morgan fingerprint density at radius 3 is 2.68 bits per heavy atom. The number of aromatic nitrogens is 2. The maximum absolute atomic E-state index is 13.0. The van der Waals surface area contributed by atoms with Crippen LogP contribution in [0.4, 0.5) is 24.5 Å². The average molecular weight is 314 g/mol. The summed E-state index contributed by atoms with van der Waals surface area (Å²) in [5.74, 6) is 0. The highest BCUT2D eigenvalue weighted by Crippen LogP contribution is 2.36. The van der Waals surface area contributed by atoms with E-state index in [0.717, 1.165) is 17.7 Å². The normalized spacial score (nSPS) is 11.5. The summed E-state index contributed by atoms with van der Waals surface area (Å²) in [5, 5.41) is 17.3. The van der Waals surface area contributed by atoms with Crippen LogP contribution in [0, 0.1) is 17.0 Å². The molecule has 0 atom stereocenters. The van der Waals surface area contributed by atoms with Crippen LogP contribution in [0.15, 0.2) is 30.6 Å². The molecule has 0 bridgehead atoms. The lowest BCUT2D eigenvalue weighted by atomic mass is 10.1. The summed E-state index contributed by atoms with van der Waals surface area (Å²) in [6, 6.07) is 2.63. The first-order chi connectivity index (χ1) is 10.3. The fourth-order valence-electron chi connectivity index (χ4n) is 1.93. The molecule has 0 saturated heterocycles. The molecule has 0 aliphatic carbocycles. The van der Waals surface area contributed by atoms with Gasteiger partial charge in [0, 0.05) is 30.6 Å². The van der Waals surface area contributed by atoms with Crippen molar-refractivity contribution in [3.63, 3.8) is 0 Å². The maximum atomic E-state index is 13.0. The summed E-state index contributed by atoms with van der Waals surface area (Å²) in [6.07, 6.45) is -1.26. The SMILES string of the molecule is Cc1cnn(CCNc2ccc([N+](=O)[O-])cc2C(F)(F)F)c1. The van der Waals surface area contributed by atoms with Crippen LogP contribution >= 0.6 is 0 Å². The van der Waals surface area contributed by atoms with Crippen LogP contribution in [0.5, 0.6) is 0 Å². The van der Waals surface area contributed by atoms with Crippen LogP contribution in [0.3, 0.4) is 0 Å². The predicted octanol–water partition coefficient (Wildman–Crippen LogP) is 3.23. The van der Waals surface area contributed by atoms with E-state index in [9.17, 15) is 23.3 Å². The molecule has 1 N–H and O–H groups in total. The number of anilines is 1. The van der Waals surface area contributed by atoms with E-state index in [0.29, 0.717) is 12.6 Å². The molecule has 2 rings (SSSR count). The number of halogens is 3. The molecule has 22 heavy (non-hydrogen) atoms. The molecule has 0 fully saturated rings. The van der Waals surface area contributed by atoms with Gasteiger partial charge in [0.1, 0.15) is 0 Å². The monoisotopic (exact) mass is 314 g/mol. The molecule has 0 amide bonds. The maximum Gasteiger partial charge on any atom is 0.418 e. The standard InChI is InChI=1S/C13H13F3N4O2/c1-9-7-18-19(8-9)5-4-17-12-3-2-10(20(21)22)6-11(12)13(14,15)16/h2-3,6-8,17H,4-5H2,1H3. The summed E-state index contributed by atoms with van der Waals surface area (Å²) in [7, 11) is 0. The Hall–Kier alpha value is -2.58. The lowest BCUT2D eigenvalue weighted by molar-refractivity contribution is -0.385. The molecular weight excluding hydrogens is 301 g/mol. The van der Waals surface area contributed by atoms with Crippen molar-refractivity contribution < 1.29 is 18.1 Å². The van der Waals surface area contributed by atoms with Crippen molar-refractivity contribution in [3.8, 4) is 0 Å². The Balaban J connectivity index is 2.14. The van der Waals surface area contributed by atoms with Crippen molar-refractivity contribution in [1.82, 2.24) is 9.78 Å². The molecule has 0 aliphatic rings. The van der Waals surface area contributed by atoms with Crippen LogP contribution in [0.1, 0.15) is 11.1 Å². The summed E-state index contributed by atoms with van der Waals surface area (Å²) < 4.78 is 40.5. The number of hydrogen-bond acceptors (Lipinski definition) is 4. The van der Waals surface area contributed by atoms with Crippen LogP contribution in [-0.4, -0.2) is 21.2 Å². The summed E-state index contributed by atoms with van der Waals surface area (Å²) in [6.45, 7) is 2.44. The molecule has 0 saturated carbocycles. The number of hydrogen-bond donors (Lipinski definition) is 1. The van der Waals surface area contributed by atoms with Gasteiger partial charge in [0.15, 0.2) is 0 Å². The Bertz CT molecular complexity index is 682. The van der Waals surface area contributed by atoms with Gasteiger partial charge in [0.2, 0.25) is 0 Å². The van der Waals surface area contributed by atoms with Crippen LogP contribution in [0.2, 0.25) is 0 Å². The first-order valence-electron chi connectivity index (χ1n) is 6.36. The first kappa shape index (κ1) is 15.8. The lowest BCUT2D eigenvalue weighted by Crippen LogP contribution is -2.15. The van der Waals surface area contributed by atoms with Crippen LogP contribution < -0.4 is 5.32 Å². The van der Waals surface area contributed by atoms with E-state index in [1.54, 1.807) is 17.1 Å². The third-order valence-electron chi connectivity index (χ3n) is 2.94. The second-order valence-electron chi connectivity index (χ2n) is 4.69. The summed E-state index contributed by atoms with van der Waals surface area (Å²) >= 11 is 0. The highest BCUT2D eigenvalue weighted by atomic mass is 19.4. The van der Waals surface area contributed by atoms with Crippen molar-refractivity contribution in [2.24, 2.45) is 0 Å². The van der Waals surface area contributed by atoms with Gasteiger partial charge in [-0.1, -0.05) is 0 Å². The first-order valence-corrected chi connectivity index (χ1v) is 6.36. The average Bonchev–Trinajstić information content (AvgIpc) is 2.83. The minimum absolute atomic E-state index is 0.193. The molecule has 0 spiro atoms. The molecule has 6 nitrogen and oxygen atoms in total. The molecule has 0 aliphatic heterocycles. The number of nitro benzene ring substituents is 1. The van der Waals surface area contributed by atoms with Gasteiger partial charge in [-0.25, -0.2) is 0 Å². The number of non-ortho nitro benzene ring substituents is 1. The van der Waals surface area contributed by atoms with Crippen LogP contribution in [0.25, 0.3) is 0 Å². The third kappa shape index (κ3) is 3.74. The van der Waals surface area contributed by atoms with Crippen LogP contribution in [-0.2, 0) is 12.7 Å². The van der Waals surface area contributed by atoms with E-state index in [2.05, 4.69) is 10.4 Å². The lowest BCUT2D eigenvalue weighted by Gasteiger charge is -2.14.